The zero-order valence-corrected chi connectivity index (χ0v) is 21.7. The van der Waals surface area contributed by atoms with E-state index in [0.29, 0.717) is 0 Å². The Labute approximate surface area is 227 Å². The molecule has 1 saturated carbocycles. The Bertz CT molecular complexity index is 2000. The third-order valence-corrected chi connectivity index (χ3v) is 8.74. The van der Waals surface area contributed by atoms with Crippen molar-refractivity contribution in [3.8, 4) is 11.3 Å². The molecule has 0 spiro atoms. The summed E-state index contributed by atoms with van der Waals surface area (Å²) in [6.07, 6.45) is 9.83. The molecule has 188 valence electrons. The largest absolute Gasteiger partial charge is 0.292 e. The zero-order chi connectivity index (χ0) is 25.8. The van der Waals surface area contributed by atoms with Crippen molar-refractivity contribution < 1.29 is 0 Å². The van der Waals surface area contributed by atoms with Gasteiger partial charge in [0.15, 0.2) is 0 Å². The number of aromatic nitrogens is 4. The summed E-state index contributed by atoms with van der Waals surface area (Å²) in [5.41, 5.74) is 10.2. The van der Waals surface area contributed by atoms with E-state index < -0.39 is 0 Å². The Morgan fingerprint density at radius 2 is 1.46 bits per heavy atom. The average molecular weight is 505 g/mol. The lowest BCUT2D eigenvalue weighted by Gasteiger charge is -2.39. The molecule has 4 aromatic heterocycles. The first-order valence-electron chi connectivity index (χ1n) is 13.9. The molecule has 39 heavy (non-hydrogen) atoms. The number of nitrogens with zero attached hydrogens (tertiary/aromatic N) is 4. The van der Waals surface area contributed by atoms with E-state index in [0.717, 1.165) is 51.6 Å². The smallest absolute Gasteiger partial charge is 0.147 e. The number of rotatable bonds is 3. The standard InChI is InChI=1S/C35H28N4/c1-5-18-35(19-6-1,25-11-8-10-24(22-25)29-13-4-7-20-36-29)26-16-17-31-28(23-26)33-27(12-9-21-37-33)34-38-30-14-2-3-15-32(30)39(31)34/h2-4,7-17,20-23H,1,5-6,18-19H2. The maximum Gasteiger partial charge on any atom is 0.147 e. The minimum atomic E-state index is -0.0374. The van der Waals surface area contributed by atoms with E-state index >= 15 is 0 Å². The van der Waals surface area contributed by atoms with Crippen LogP contribution in [0, 0.1) is 0 Å². The fraction of sp³-hybridized carbons (Fsp3) is 0.171. The van der Waals surface area contributed by atoms with Gasteiger partial charge in [0.1, 0.15) is 5.65 Å². The summed E-state index contributed by atoms with van der Waals surface area (Å²) in [6, 6.07) is 34.9. The molecule has 1 aliphatic rings. The van der Waals surface area contributed by atoms with Crippen LogP contribution in [-0.2, 0) is 5.41 Å². The predicted molar refractivity (Wildman–Crippen MR) is 159 cm³/mol. The van der Waals surface area contributed by atoms with Crippen molar-refractivity contribution in [3.63, 3.8) is 0 Å². The van der Waals surface area contributed by atoms with Crippen molar-refractivity contribution in [2.45, 2.75) is 37.5 Å². The molecule has 0 unspecified atom stereocenters. The summed E-state index contributed by atoms with van der Waals surface area (Å²) in [7, 11) is 0. The number of benzene rings is 3. The molecular weight excluding hydrogens is 476 g/mol. The number of fused-ring (bicyclic) bond motifs is 8. The number of hydrogen-bond acceptors (Lipinski definition) is 3. The van der Waals surface area contributed by atoms with Crippen molar-refractivity contribution >= 4 is 38.5 Å². The molecule has 1 fully saturated rings. The molecule has 4 nitrogen and oxygen atoms in total. The molecule has 4 heteroatoms. The first kappa shape index (κ1) is 22.4. The van der Waals surface area contributed by atoms with E-state index in [1.807, 2.05) is 24.5 Å². The SMILES string of the molecule is c1ccc(-c2cccc(C3(c4ccc5c(c4)c4ncccc4c4nc6ccccc6n54)CCCCC3)c2)nc1. The number of hydrogen-bond donors (Lipinski definition) is 0. The average Bonchev–Trinajstić information content (AvgIpc) is 3.42. The molecule has 1 aliphatic carbocycles. The van der Waals surface area contributed by atoms with Gasteiger partial charge in [0.2, 0.25) is 0 Å². The molecular formula is C35H28N4. The summed E-state index contributed by atoms with van der Waals surface area (Å²) in [4.78, 5) is 14.6. The number of pyridine rings is 3. The van der Waals surface area contributed by atoms with Crippen LogP contribution < -0.4 is 0 Å². The molecule has 0 saturated heterocycles. The van der Waals surface area contributed by atoms with Gasteiger partial charge in [-0.05, 0) is 78.6 Å². The highest BCUT2D eigenvalue weighted by molar-refractivity contribution is 6.12. The second-order valence-electron chi connectivity index (χ2n) is 10.8. The van der Waals surface area contributed by atoms with E-state index in [9.17, 15) is 0 Å². The van der Waals surface area contributed by atoms with Crippen molar-refractivity contribution in [1.82, 2.24) is 19.4 Å². The lowest BCUT2D eigenvalue weighted by molar-refractivity contribution is 0.346. The molecule has 7 aromatic rings. The van der Waals surface area contributed by atoms with Gasteiger partial charge in [-0.25, -0.2) is 4.98 Å². The van der Waals surface area contributed by atoms with Crippen LogP contribution in [0.5, 0.6) is 0 Å². The monoisotopic (exact) mass is 504 g/mol. The minimum Gasteiger partial charge on any atom is -0.292 e. The Morgan fingerprint density at radius 1 is 0.615 bits per heavy atom. The summed E-state index contributed by atoms with van der Waals surface area (Å²) < 4.78 is 2.31. The second-order valence-corrected chi connectivity index (χ2v) is 10.8. The topological polar surface area (TPSA) is 43.1 Å². The molecule has 0 amide bonds. The van der Waals surface area contributed by atoms with Crippen molar-refractivity contribution in [3.05, 3.63) is 121 Å². The summed E-state index contributed by atoms with van der Waals surface area (Å²) in [6.45, 7) is 0. The third kappa shape index (κ3) is 3.41. The summed E-state index contributed by atoms with van der Waals surface area (Å²) in [5.74, 6) is 0. The maximum atomic E-state index is 5.02. The fourth-order valence-electron chi connectivity index (χ4n) is 6.88. The highest BCUT2D eigenvalue weighted by Gasteiger charge is 2.36. The van der Waals surface area contributed by atoms with Crippen LogP contribution in [0.4, 0.5) is 0 Å². The lowest BCUT2D eigenvalue weighted by atomic mass is 9.65. The molecule has 0 N–H and O–H groups in total. The van der Waals surface area contributed by atoms with Crippen LogP contribution in [0.25, 0.3) is 49.7 Å². The highest BCUT2D eigenvalue weighted by atomic mass is 15.0. The van der Waals surface area contributed by atoms with Gasteiger partial charge >= 0.3 is 0 Å². The molecule has 8 rings (SSSR count). The van der Waals surface area contributed by atoms with Crippen molar-refractivity contribution in [2.24, 2.45) is 0 Å². The van der Waals surface area contributed by atoms with Gasteiger partial charge in [0, 0.05) is 34.1 Å². The van der Waals surface area contributed by atoms with Gasteiger partial charge < -0.3 is 0 Å². The normalized spacial score (nSPS) is 15.4. The second kappa shape index (κ2) is 8.74. The van der Waals surface area contributed by atoms with E-state index in [1.165, 1.54) is 41.3 Å². The molecule has 0 bridgehead atoms. The Kier molecular flexibility index (Phi) is 5.02. The summed E-state index contributed by atoms with van der Waals surface area (Å²) in [5, 5.41) is 2.28. The lowest BCUT2D eigenvalue weighted by Crippen LogP contribution is -2.30. The van der Waals surface area contributed by atoms with Crippen LogP contribution in [0.2, 0.25) is 0 Å². The first-order valence-corrected chi connectivity index (χ1v) is 13.9. The minimum absolute atomic E-state index is 0.0374. The van der Waals surface area contributed by atoms with Crippen molar-refractivity contribution in [2.75, 3.05) is 0 Å². The van der Waals surface area contributed by atoms with E-state index in [1.54, 1.807) is 0 Å². The molecule has 3 aromatic carbocycles. The van der Waals surface area contributed by atoms with Crippen LogP contribution in [0.3, 0.4) is 0 Å². The molecule has 4 heterocycles. The van der Waals surface area contributed by atoms with Crippen LogP contribution in [0.1, 0.15) is 43.2 Å². The van der Waals surface area contributed by atoms with E-state index in [-0.39, 0.29) is 5.41 Å². The van der Waals surface area contributed by atoms with Crippen LogP contribution in [0.15, 0.2) is 109 Å². The van der Waals surface area contributed by atoms with Gasteiger partial charge in [-0.3, -0.25) is 14.4 Å². The van der Waals surface area contributed by atoms with E-state index in [2.05, 4.69) is 94.3 Å². The van der Waals surface area contributed by atoms with Gasteiger partial charge in [0.25, 0.3) is 0 Å². The number of para-hydroxylation sites is 2. The van der Waals surface area contributed by atoms with Gasteiger partial charge in [-0.2, -0.15) is 0 Å². The Hall–Kier alpha value is -4.57. The van der Waals surface area contributed by atoms with Gasteiger partial charge in [-0.1, -0.05) is 61.7 Å². The van der Waals surface area contributed by atoms with Gasteiger partial charge in [-0.15, -0.1) is 0 Å². The molecule has 0 atom stereocenters. The third-order valence-electron chi connectivity index (χ3n) is 8.74. The fourth-order valence-corrected chi connectivity index (χ4v) is 6.88. The number of imidazole rings is 1. The highest BCUT2D eigenvalue weighted by Crippen LogP contribution is 2.47. The Morgan fingerprint density at radius 3 is 2.36 bits per heavy atom. The molecule has 0 aliphatic heterocycles. The first-order chi connectivity index (χ1) is 19.3. The van der Waals surface area contributed by atoms with Crippen LogP contribution in [-0.4, -0.2) is 19.4 Å². The zero-order valence-electron chi connectivity index (χ0n) is 21.7. The predicted octanol–water partition coefficient (Wildman–Crippen LogP) is 8.50. The molecule has 0 radical (unpaired) electrons. The quantitative estimate of drug-likeness (QED) is 0.227. The van der Waals surface area contributed by atoms with Crippen LogP contribution >= 0.6 is 0 Å². The van der Waals surface area contributed by atoms with Gasteiger partial charge in [0.05, 0.1) is 27.8 Å². The maximum absolute atomic E-state index is 5.02. The van der Waals surface area contributed by atoms with E-state index in [4.69, 9.17) is 9.97 Å². The van der Waals surface area contributed by atoms with Crippen molar-refractivity contribution in [1.29, 1.82) is 0 Å². The Balaban J connectivity index is 1.40. The summed E-state index contributed by atoms with van der Waals surface area (Å²) >= 11 is 0.